The van der Waals surface area contributed by atoms with Crippen LogP contribution in [-0.2, 0) is 4.74 Å². The summed E-state index contributed by atoms with van der Waals surface area (Å²) in [5.41, 5.74) is 5.65. The molecule has 1 heterocycles. The Hall–Kier alpha value is -0.920. The maximum absolute atomic E-state index is 5.65. The van der Waals surface area contributed by atoms with E-state index in [1.165, 1.54) is 0 Å². The van der Waals surface area contributed by atoms with Crippen LogP contribution in [0.25, 0.3) is 0 Å². The highest BCUT2D eigenvalue weighted by Crippen LogP contribution is 2.22. The maximum atomic E-state index is 5.65. The molecule has 0 spiro atoms. The third-order valence-electron chi connectivity index (χ3n) is 2.19. The Morgan fingerprint density at radius 3 is 2.88 bits per heavy atom. The Kier molecular flexibility index (Phi) is 6.17. The fourth-order valence-electron chi connectivity index (χ4n) is 1.26. The molecule has 96 valence electrons. The summed E-state index contributed by atoms with van der Waals surface area (Å²) < 4.78 is 10.8. The number of nitrogens with one attached hydrogen (secondary N) is 1. The first-order chi connectivity index (χ1) is 8.21. The van der Waals surface area contributed by atoms with Crippen molar-refractivity contribution < 1.29 is 9.47 Å². The van der Waals surface area contributed by atoms with Gasteiger partial charge in [-0.3, -0.25) is 0 Å². The van der Waals surface area contributed by atoms with Gasteiger partial charge in [-0.15, -0.1) is 0 Å². The van der Waals surface area contributed by atoms with Crippen LogP contribution in [0, 0.1) is 0 Å². The van der Waals surface area contributed by atoms with Crippen LogP contribution in [0.1, 0.15) is 6.42 Å². The van der Waals surface area contributed by atoms with Gasteiger partial charge in [0.25, 0.3) is 0 Å². The molecule has 0 aliphatic carbocycles. The van der Waals surface area contributed by atoms with E-state index in [0.717, 1.165) is 6.42 Å². The molecule has 17 heavy (non-hydrogen) atoms. The molecule has 1 aromatic rings. The van der Waals surface area contributed by atoms with E-state index in [2.05, 4.69) is 31.2 Å². The Labute approximate surface area is 109 Å². The van der Waals surface area contributed by atoms with E-state index in [-0.39, 0.29) is 6.04 Å². The summed E-state index contributed by atoms with van der Waals surface area (Å²) in [5.74, 6) is 0.988. The Morgan fingerprint density at radius 2 is 2.29 bits per heavy atom. The predicted octanol–water partition coefficient (Wildman–Crippen LogP) is 1.02. The third kappa shape index (κ3) is 4.45. The van der Waals surface area contributed by atoms with Crippen molar-refractivity contribution in [3.63, 3.8) is 0 Å². The molecule has 6 nitrogen and oxygen atoms in total. The molecule has 0 saturated carbocycles. The minimum Gasteiger partial charge on any atom is -0.480 e. The van der Waals surface area contributed by atoms with Gasteiger partial charge in [-0.25, -0.2) is 4.98 Å². The van der Waals surface area contributed by atoms with Crippen LogP contribution in [0.3, 0.4) is 0 Å². The van der Waals surface area contributed by atoms with Crippen molar-refractivity contribution >= 4 is 21.9 Å². The second-order valence-electron chi connectivity index (χ2n) is 3.41. The largest absolute Gasteiger partial charge is 0.480 e. The van der Waals surface area contributed by atoms with Crippen LogP contribution in [0.2, 0.25) is 0 Å². The lowest BCUT2D eigenvalue weighted by Crippen LogP contribution is -2.30. The second-order valence-corrected chi connectivity index (χ2v) is 4.26. The first kappa shape index (κ1) is 14.1. The van der Waals surface area contributed by atoms with Gasteiger partial charge in [0, 0.05) is 26.3 Å². The zero-order valence-corrected chi connectivity index (χ0v) is 11.5. The predicted molar refractivity (Wildman–Crippen MR) is 69.2 cm³/mol. The maximum Gasteiger partial charge on any atom is 0.232 e. The fourth-order valence-corrected chi connectivity index (χ4v) is 1.61. The molecule has 0 amide bonds. The van der Waals surface area contributed by atoms with E-state index in [4.69, 9.17) is 15.2 Å². The van der Waals surface area contributed by atoms with Gasteiger partial charge in [0.1, 0.15) is 0 Å². The minimum atomic E-state index is 0.0841. The quantitative estimate of drug-likeness (QED) is 0.783. The number of nitrogens with two attached hydrogens (primary N) is 1. The molecular formula is C10H17BrN4O2. The zero-order chi connectivity index (χ0) is 12.7. The number of ether oxygens (including phenoxy) is 2. The third-order valence-corrected chi connectivity index (χ3v) is 2.74. The van der Waals surface area contributed by atoms with Gasteiger partial charge >= 0.3 is 0 Å². The highest BCUT2D eigenvalue weighted by molar-refractivity contribution is 9.10. The summed E-state index contributed by atoms with van der Waals surface area (Å²) in [6.45, 7) is 1.13. The molecule has 0 aliphatic rings. The Morgan fingerprint density at radius 1 is 1.53 bits per heavy atom. The van der Waals surface area contributed by atoms with E-state index in [1.807, 2.05) is 0 Å². The van der Waals surface area contributed by atoms with Crippen LogP contribution in [-0.4, -0.2) is 43.4 Å². The highest BCUT2D eigenvalue weighted by Gasteiger charge is 2.10. The number of methoxy groups -OCH3 is 2. The first-order valence-corrected chi connectivity index (χ1v) is 6.02. The fraction of sp³-hybridized carbons (Fsp3) is 0.600. The average molecular weight is 305 g/mol. The number of hydrogen-bond donors (Lipinski definition) is 2. The lowest BCUT2D eigenvalue weighted by Gasteiger charge is -2.16. The number of rotatable bonds is 7. The van der Waals surface area contributed by atoms with Crippen molar-refractivity contribution in [2.24, 2.45) is 5.73 Å². The molecule has 1 atom stereocenters. The average Bonchev–Trinajstić information content (AvgIpc) is 2.36. The summed E-state index contributed by atoms with van der Waals surface area (Å²) in [4.78, 5) is 8.34. The molecule has 1 rings (SSSR count). The van der Waals surface area contributed by atoms with Crippen LogP contribution < -0.4 is 15.8 Å². The van der Waals surface area contributed by atoms with Gasteiger partial charge in [0.2, 0.25) is 11.8 Å². The lowest BCUT2D eigenvalue weighted by molar-refractivity contribution is 0.190. The van der Waals surface area contributed by atoms with Gasteiger partial charge in [-0.2, -0.15) is 4.98 Å². The number of hydrogen-bond acceptors (Lipinski definition) is 6. The minimum absolute atomic E-state index is 0.0841. The van der Waals surface area contributed by atoms with Gasteiger partial charge in [0.05, 0.1) is 17.8 Å². The van der Waals surface area contributed by atoms with Crippen LogP contribution in [0.5, 0.6) is 5.88 Å². The van der Waals surface area contributed by atoms with Crippen LogP contribution in [0.4, 0.5) is 5.95 Å². The van der Waals surface area contributed by atoms with Gasteiger partial charge < -0.3 is 20.5 Å². The van der Waals surface area contributed by atoms with Crippen molar-refractivity contribution in [2.45, 2.75) is 12.5 Å². The van der Waals surface area contributed by atoms with Crippen molar-refractivity contribution in [1.82, 2.24) is 9.97 Å². The molecule has 0 saturated heterocycles. The Balaban J connectivity index is 2.65. The second kappa shape index (κ2) is 7.41. The smallest absolute Gasteiger partial charge is 0.232 e. The van der Waals surface area contributed by atoms with Crippen molar-refractivity contribution in [1.29, 1.82) is 0 Å². The van der Waals surface area contributed by atoms with Gasteiger partial charge in [-0.05, 0) is 22.4 Å². The lowest BCUT2D eigenvalue weighted by atomic mass is 10.2. The standard InChI is InChI=1S/C10H17BrN4O2/c1-16-4-3-7(5-12)14-10-13-6-8(11)9(15-10)17-2/h6-7H,3-5,12H2,1-2H3,(H,13,14,15). The molecule has 0 bridgehead atoms. The van der Waals surface area contributed by atoms with Crippen LogP contribution >= 0.6 is 15.9 Å². The molecule has 7 heteroatoms. The number of aromatic nitrogens is 2. The molecular weight excluding hydrogens is 288 g/mol. The summed E-state index contributed by atoms with van der Waals surface area (Å²) >= 11 is 3.29. The summed E-state index contributed by atoms with van der Waals surface area (Å²) in [6.07, 6.45) is 2.44. The van der Waals surface area contributed by atoms with Crippen LogP contribution in [0.15, 0.2) is 10.7 Å². The van der Waals surface area contributed by atoms with E-state index >= 15 is 0 Å². The van der Waals surface area contributed by atoms with Crippen molar-refractivity contribution in [3.05, 3.63) is 10.7 Å². The molecule has 1 unspecified atom stereocenters. The van der Waals surface area contributed by atoms with E-state index in [1.54, 1.807) is 20.4 Å². The molecule has 1 aromatic heterocycles. The van der Waals surface area contributed by atoms with Crippen molar-refractivity contribution in [2.75, 3.05) is 32.7 Å². The van der Waals surface area contributed by atoms with E-state index in [9.17, 15) is 0 Å². The number of nitrogens with zero attached hydrogens (tertiary/aromatic N) is 2. The highest BCUT2D eigenvalue weighted by atomic mass is 79.9. The monoisotopic (exact) mass is 304 g/mol. The summed E-state index contributed by atoms with van der Waals surface area (Å²) in [7, 11) is 3.22. The summed E-state index contributed by atoms with van der Waals surface area (Å²) in [5, 5.41) is 3.14. The molecule has 0 fully saturated rings. The van der Waals surface area contributed by atoms with Gasteiger partial charge in [-0.1, -0.05) is 0 Å². The van der Waals surface area contributed by atoms with E-state index in [0.29, 0.717) is 29.5 Å². The molecule has 0 aliphatic heterocycles. The summed E-state index contributed by atoms with van der Waals surface area (Å²) in [6, 6.07) is 0.0841. The molecule has 0 radical (unpaired) electrons. The number of anilines is 1. The van der Waals surface area contributed by atoms with Gasteiger partial charge in [0.15, 0.2) is 0 Å². The van der Waals surface area contributed by atoms with E-state index < -0.39 is 0 Å². The number of halogens is 1. The molecule has 3 N–H and O–H groups in total. The first-order valence-electron chi connectivity index (χ1n) is 5.23. The Bertz CT molecular complexity index is 351. The molecule has 0 aromatic carbocycles. The SMILES string of the molecule is COCCC(CN)Nc1ncc(Br)c(OC)n1. The topological polar surface area (TPSA) is 82.3 Å². The normalized spacial score (nSPS) is 12.2. The van der Waals surface area contributed by atoms with Crippen molar-refractivity contribution in [3.8, 4) is 5.88 Å². The zero-order valence-electron chi connectivity index (χ0n) is 9.94.